The molecule has 2 rings (SSSR count). The molecular formula is C25H39N2+. The van der Waals surface area contributed by atoms with Crippen LogP contribution in [0.5, 0.6) is 0 Å². The van der Waals surface area contributed by atoms with Gasteiger partial charge in [-0.3, -0.25) is 0 Å². The average molecular weight is 368 g/mol. The molecule has 2 nitrogen and oxygen atoms in total. The Morgan fingerprint density at radius 3 is 1.70 bits per heavy atom. The predicted octanol–water partition coefficient (Wildman–Crippen LogP) is 7.87. The van der Waals surface area contributed by atoms with Gasteiger partial charge in [0.05, 0.1) is 0 Å². The zero-order chi connectivity index (χ0) is 19.2. The highest BCUT2D eigenvalue weighted by atomic mass is 15.0. The van der Waals surface area contributed by atoms with E-state index >= 15 is 0 Å². The van der Waals surface area contributed by atoms with Crippen molar-refractivity contribution in [3.05, 3.63) is 41.6 Å². The first kappa shape index (κ1) is 21.7. The molecule has 0 fully saturated rings. The van der Waals surface area contributed by atoms with Crippen molar-refractivity contribution in [2.75, 3.05) is 0 Å². The SMILES string of the molecule is CCCCCCCCCCCCCCC(C)c1ccc([C+]2N=CC=N2)cc1. The van der Waals surface area contributed by atoms with E-state index in [1.54, 1.807) is 12.4 Å². The Bertz CT molecular complexity index is 532. The highest BCUT2D eigenvalue weighted by molar-refractivity contribution is 6.18. The van der Waals surface area contributed by atoms with Crippen LogP contribution in [0.2, 0.25) is 0 Å². The molecule has 0 saturated heterocycles. The zero-order valence-corrected chi connectivity index (χ0v) is 17.6. The summed E-state index contributed by atoms with van der Waals surface area (Å²) in [5.41, 5.74) is 2.55. The van der Waals surface area contributed by atoms with Crippen molar-refractivity contribution in [2.24, 2.45) is 9.98 Å². The Labute approximate surface area is 167 Å². The van der Waals surface area contributed by atoms with E-state index in [0.29, 0.717) is 5.92 Å². The quantitative estimate of drug-likeness (QED) is 0.222. The standard InChI is InChI=1S/C25H39N2/c1-3-4-5-6-7-8-9-10-11-12-13-14-15-22(2)23-16-18-24(19-17-23)25-26-20-21-27-25/h16-22H,3-15H2,1-2H3/q+1. The van der Waals surface area contributed by atoms with Crippen LogP contribution in [-0.2, 0) is 0 Å². The normalized spacial score (nSPS) is 14.2. The van der Waals surface area contributed by atoms with Crippen LogP contribution in [0.3, 0.4) is 0 Å². The van der Waals surface area contributed by atoms with Gasteiger partial charge in [-0.15, -0.1) is 9.98 Å². The summed E-state index contributed by atoms with van der Waals surface area (Å²) in [6, 6.07) is 8.81. The number of nitrogens with zero attached hydrogens (tertiary/aromatic N) is 2. The molecule has 1 aliphatic rings. The topological polar surface area (TPSA) is 24.7 Å². The maximum Gasteiger partial charge on any atom is 0.243 e. The summed E-state index contributed by atoms with van der Waals surface area (Å²) < 4.78 is 0. The van der Waals surface area contributed by atoms with Crippen LogP contribution in [0.25, 0.3) is 0 Å². The number of benzene rings is 1. The molecule has 0 N–H and O–H groups in total. The van der Waals surface area contributed by atoms with Crippen LogP contribution in [-0.4, -0.2) is 12.4 Å². The number of hydrogen-bond acceptors (Lipinski definition) is 2. The summed E-state index contributed by atoms with van der Waals surface area (Å²) in [5, 5.41) is 0. The third-order valence-corrected chi connectivity index (χ3v) is 5.69. The lowest BCUT2D eigenvalue weighted by atomic mass is 9.93. The first-order valence-corrected chi connectivity index (χ1v) is 11.3. The summed E-state index contributed by atoms with van der Waals surface area (Å²) in [5.74, 6) is 0.641. The Hall–Kier alpha value is -1.57. The molecule has 0 radical (unpaired) electrons. The first-order valence-electron chi connectivity index (χ1n) is 11.3. The maximum absolute atomic E-state index is 4.26. The van der Waals surface area contributed by atoms with Crippen molar-refractivity contribution >= 4 is 12.4 Å². The Morgan fingerprint density at radius 1 is 0.704 bits per heavy atom. The smallest absolute Gasteiger partial charge is 0.147 e. The fraction of sp³-hybridized carbons (Fsp3) is 0.640. The van der Waals surface area contributed by atoms with E-state index in [1.807, 2.05) is 0 Å². The molecule has 0 spiro atoms. The minimum atomic E-state index is 0.641. The summed E-state index contributed by atoms with van der Waals surface area (Å²) in [7, 11) is 0. The number of rotatable bonds is 15. The molecule has 0 aromatic heterocycles. The van der Waals surface area contributed by atoms with Crippen molar-refractivity contribution in [3.8, 4) is 0 Å². The molecule has 1 heterocycles. The largest absolute Gasteiger partial charge is 0.243 e. The fourth-order valence-corrected chi connectivity index (χ4v) is 3.81. The van der Waals surface area contributed by atoms with Gasteiger partial charge in [0.25, 0.3) is 0 Å². The lowest BCUT2D eigenvalue weighted by Gasteiger charge is -2.11. The number of hydrogen-bond donors (Lipinski definition) is 0. The van der Waals surface area contributed by atoms with E-state index in [1.165, 1.54) is 89.0 Å². The molecular weight excluding hydrogens is 328 g/mol. The molecule has 0 saturated carbocycles. The lowest BCUT2D eigenvalue weighted by Crippen LogP contribution is -1.96. The van der Waals surface area contributed by atoms with Gasteiger partial charge in [0.2, 0.25) is 6.17 Å². The second-order valence-electron chi connectivity index (χ2n) is 8.08. The van der Waals surface area contributed by atoms with Gasteiger partial charge in [-0.2, -0.15) is 0 Å². The van der Waals surface area contributed by atoms with Gasteiger partial charge in [0.1, 0.15) is 18.0 Å². The highest BCUT2D eigenvalue weighted by Crippen LogP contribution is 2.26. The predicted molar refractivity (Wildman–Crippen MR) is 120 cm³/mol. The van der Waals surface area contributed by atoms with E-state index in [0.717, 1.165) is 11.7 Å². The maximum atomic E-state index is 4.26. The van der Waals surface area contributed by atoms with Gasteiger partial charge in [-0.25, -0.2) is 0 Å². The van der Waals surface area contributed by atoms with Gasteiger partial charge >= 0.3 is 0 Å². The highest BCUT2D eigenvalue weighted by Gasteiger charge is 2.18. The van der Waals surface area contributed by atoms with Crippen molar-refractivity contribution in [2.45, 2.75) is 103 Å². The third kappa shape index (κ3) is 8.77. The second kappa shape index (κ2) is 13.6. The van der Waals surface area contributed by atoms with E-state index in [4.69, 9.17) is 0 Å². The number of unbranched alkanes of at least 4 members (excludes halogenated alkanes) is 11. The fourth-order valence-electron chi connectivity index (χ4n) is 3.81. The van der Waals surface area contributed by atoms with E-state index in [2.05, 4.69) is 48.1 Å². The molecule has 0 amide bonds. The second-order valence-corrected chi connectivity index (χ2v) is 8.08. The summed E-state index contributed by atoms with van der Waals surface area (Å²) in [6.45, 7) is 4.64. The van der Waals surface area contributed by atoms with Crippen molar-refractivity contribution in [3.63, 3.8) is 0 Å². The molecule has 1 aliphatic heterocycles. The van der Waals surface area contributed by atoms with Crippen LogP contribution in [0.15, 0.2) is 34.3 Å². The Kier molecular flexibility index (Phi) is 10.9. The van der Waals surface area contributed by atoms with Crippen LogP contribution < -0.4 is 0 Å². The molecule has 0 bridgehead atoms. The van der Waals surface area contributed by atoms with E-state index in [9.17, 15) is 0 Å². The first-order chi connectivity index (χ1) is 13.3. The van der Waals surface area contributed by atoms with Crippen LogP contribution >= 0.6 is 0 Å². The summed E-state index contributed by atoms with van der Waals surface area (Å²) in [6.07, 6.45) is 22.7. The molecule has 0 aliphatic carbocycles. The minimum Gasteiger partial charge on any atom is -0.147 e. The minimum absolute atomic E-state index is 0.641. The van der Waals surface area contributed by atoms with E-state index < -0.39 is 0 Å². The van der Waals surface area contributed by atoms with Gasteiger partial charge in [0, 0.05) is 12.1 Å². The molecule has 148 valence electrons. The lowest BCUT2D eigenvalue weighted by molar-refractivity contribution is 0.528. The monoisotopic (exact) mass is 367 g/mol. The molecule has 1 atom stereocenters. The van der Waals surface area contributed by atoms with Crippen LogP contribution in [0.1, 0.15) is 114 Å². The molecule has 1 aromatic rings. The van der Waals surface area contributed by atoms with Crippen LogP contribution in [0.4, 0.5) is 0 Å². The van der Waals surface area contributed by atoms with Gasteiger partial charge in [-0.1, -0.05) is 90.9 Å². The summed E-state index contributed by atoms with van der Waals surface area (Å²) >= 11 is 0. The van der Waals surface area contributed by atoms with Crippen LogP contribution in [0, 0.1) is 6.17 Å². The molecule has 27 heavy (non-hydrogen) atoms. The Morgan fingerprint density at radius 2 is 1.19 bits per heavy atom. The zero-order valence-electron chi connectivity index (χ0n) is 17.6. The van der Waals surface area contributed by atoms with E-state index in [-0.39, 0.29) is 0 Å². The van der Waals surface area contributed by atoms with Crippen molar-refractivity contribution in [1.82, 2.24) is 0 Å². The van der Waals surface area contributed by atoms with Gasteiger partial charge in [0.15, 0.2) is 0 Å². The molecule has 2 heteroatoms. The summed E-state index contributed by atoms with van der Waals surface area (Å²) in [4.78, 5) is 8.53. The van der Waals surface area contributed by atoms with Gasteiger partial charge < -0.3 is 0 Å². The average Bonchev–Trinajstić information content (AvgIpc) is 3.23. The van der Waals surface area contributed by atoms with Crippen molar-refractivity contribution < 1.29 is 0 Å². The number of aliphatic imine (C=N–C) groups is 2. The molecule has 1 unspecified atom stereocenters. The third-order valence-electron chi connectivity index (χ3n) is 5.69. The molecule has 1 aromatic carbocycles. The Balaban J connectivity index is 1.47. The van der Waals surface area contributed by atoms with Crippen molar-refractivity contribution in [1.29, 1.82) is 0 Å². The van der Waals surface area contributed by atoms with Gasteiger partial charge in [-0.05, 0) is 30.0 Å².